The molecule has 2 rings (SSSR count). The van der Waals surface area contributed by atoms with E-state index >= 15 is 0 Å². The Hall–Kier alpha value is -1.81. The number of imidazole rings is 1. The first kappa shape index (κ1) is 9.73. The molecule has 0 radical (unpaired) electrons. The minimum absolute atomic E-state index is 0.0787. The van der Waals surface area contributed by atoms with Crippen molar-refractivity contribution < 1.29 is 9.90 Å². The molecule has 4 nitrogen and oxygen atoms in total. The Labute approximate surface area is 90.5 Å². The zero-order valence-corrected chi connectivity index (χ0v) is 8.32. The lowest BCUT2D eigenvalue weighted by Crippen LogP contribution is -1.98. The van der Waals surface area contributed by atoms with Crippen LogP contribution in [0.1, 0.15) is 10.6 Å². The minimum Gasteiger partial charge on any atom is -0.475 e. The standard InChI is InChI=1S/C10H7ClN2O2/c11-7-3-1-2-6(4-7)8-5-12-9(13-8)10(14)15/h1-5H,(H,12,13)(H,14,15). The Kier molecular flexibility index (Phi) is 2.43. The van der Waals surface area contributed by atoms with Gasteiger partial charge in [0.15, 0.2) is 0 Å². The Morgan fingerprint density at radius 3 is 2.87 bits per heavy atom. The number of hydrogen-bond acceptors (Lipinski definition) is 2. The third kappa shape index (κ3) is 1.99. The van der Waals surface area contributed by atoms with E-state index < -0.39 is 5.97 Å². The van der Waals surface area contributed by atoms with Crippen LogP contribution in [0.5, 0.6) is 0 Å². The maximum Gasteiger partial charge on any atom is 0.371 e. The summed E-state index contributed by atoms with van der Waals surface area (Å²) in [7, 11) is 0. The molecular formula is C10H7ClN2O2. The molecule has 0 fully saturated rings. The molecule has 0 unspecified atom stereocenters. The van der Waals surface area contributed by atoms with Crippen molar-refractivity contribution in [2.75, 3.05) is 0 Å². The third-order valence-electron chi connectivity index (χ3n) is 1.91. The maximum atomic E-state index is 10.6. The van der Waals surface area contributed by atoms with Crippen molar-refractivity contribution >= 4 is 17.6 Å². The second kappa shape index (κ2) is 3.74. The van der Waals surface area contributed by atoms with Crippen molar-refractivity contribution in [1.82, 2.24) is 9.97 Å². The Bertz CT molecular complexity index is 508. The first-order valence-electron chi connectivity index (χ1n) is 4.21. The summed E-state index contributed by atoms with van der Waals surface area (Å²) in [6, 6.07) is 7.10. The topological polar surface area (TPSA) is 66.0 Å². The molecule has 0 aliphatic rings. The van der Waals surface area contributed by atoms with Gasteiger partial charge in [-0.15, -0.1) is 0 Å². The summed E-state index contributed by atoms with van der Waals surface area (Å²) in [6.07, 6.45) is 1.47. The molecule has 0 amide bonds. The van der Waals surface area contributed by atoms with Gasteiger partial charge in [-0.3, -0.25) is 0 Å². The van der Waals surface area contributed by atoms with E-state index in [9.17, 15) is 4.79 Å². The summed E-state index contributed by atoms with van der Waals surface area (Å²) in [4.78, 5) is 17.0. The number of hydrogen-bond donors (Lipinski definition) is 2. The van der Waals surface area contributed by atoms with Crippen LogP contribution >= 0.6 is 11.6 Å². The van der Waals surface area contributed by atoms with Crippen molar-refractivity contribution in [1.29, 1.82) is 0 Å². The van der Waals surface area contributed by atoms with Gasteiger partial charge in [0.05, 0.1) is 11.9 Å². The zero-order chi connectivity index (χ0) is 10.8. The van der Waals surface area contributed by atoms with E-state index in [-0.39, 0.29) is 5.82 Å². The van der Waals surface area contributed by atoms with Crippen molar-refractivity contribution in [3.8, 4) is 11.3 Å². The molecule has 2 N–H and O–H groups in total. The van der Waals surface area contributed by atoms with E-state index in [0.717, 1.165) is 5.56 Å². The van der Waals surface area contributed by atoms with E-state index in [1.807, 2.05) is 6.07 Å². The quantitative estimate of drug-likeness (QED) is 0.820. The molecule has 2 aromatic rings. The summed E-state index contributed by atoms with van der Waals surface area (Å²) in [5, 5.41) is 9.28. The van der Waals surface area contributed by atoms with E-state index in [1.54, 1.807) is 18.2 Å². The number of nitrogens with one attached hydrogen (secondary N) is 1. The van der Waals surface area contributed by atoms with E-state index in [2.05, 4.69) is 9.97 Å². The second-order valence-corrected chi connectivity index (χ2v) is 3.40. The van der Waals surface area contributed by atoms with Gasteiger partial charge in [0.2, 0.25) is 5.82 Å². The SMILES string of the molecule is O=C(O)c1ncc(-c2cccc(Cl)c2)[nH]1. The predicted octanol–water partition coefficient (Wildman–Crippen LogP) is 2.43. The lowest BCUT2D eigenvalue weighted by atomic mass is 10.2. The zero-order valence-electron chi connectivity index (χ0n) is 7.57. The number of carboxylic acids is 1. The fourth-order valence-corrected chi connectivity index (χ4v) is 1.42. The molecule has 0 aliphatic carbocycles. The van der Waals surface area contributed by atoms with Gasteiger partial charge < -0.3 is 10.1 Å². The lowest BCUT2D eigenvalue weighted by Gasteiger charge is -1.96. The molecule has 0 atom stereocenters. The van der Waals surface area contributed by atoms with Gasteiger partial charge in [-0.05, 0) is 12.1 Å². The largest absolute Gasteiger partial charge is 0.475 e. The number of benzene rings is 1. The van der Waals surface area contributed by atoms with Gasteiger partial charge in [-0.2, -0.15) is 0 Å². The average molecular weight is 223 g/mol. The van der Waals surface area contributed by atoms with Gasteiger partial charge in [0.1, 0.15) is 0 Å². The molecule has 0 saturated carbocycles. The highest BCUT2D eigenvalue weighted by atomic mass is 35.5. The van der Waals surface area contributed by atoms with Crippen LogP contribution in [0.2, 0.25) is 5.02 Å². The summed E-state index contributed by atoms with van der Waals surface area (Å²) in [6.45, 7) is 0. The number of halogens is 1. The van der Waals surface area contributed by atoms with Crippen molar-refractivity contribution in [3.05, 3.63) is 41.3 Å². The molecule has 1 heterocycles. The number of rotatable bonds is 2. The fourth-order valence-electron chi connectivity index (χ4n) is 1.23. The minimum atomic E-state index is -1.08. The monoisotopic (exact) mass is 222 g/mol. The summed E-state index contributed by atoms with van der Waals surface area (Å²) < 4.78 is 0. The van der Waals surface area contributed by atoms with Crippen LogP contribution in [0, 0.1) is 0 Å². The van der Waals surface area contributed by atoms with Crippen LogP contribution in [-0.4, -0.2) is 21.0 Å². The van der Waals surface area contributed by atoms with Gasteiger partial charge in [0.25, 0.3) is 0 Å². The second-order valence-electron chi connectivity index (χ2n) is 2.96. The Balaban J connectivity index is 2.41. The maximum absolute atomic E-state index is 10.6. The van der Waals surface area contributed by atoms with Crippen LogP contribution in [0.15, 0.2) is 30.5 Å². The number of H-pyrrole nitrogens is 1. The van der Waals surface area contributed by atoms with Crippen LogP contribution in [0.25, 0.3) is 11.3 Å². The first-order valence-corrected chi connectivity index (χ1v) is 4.59. The van der Waals surface area contributed by atoms with Gasteiger partial charge >= 0.3 is 5.97 Å². The first-order chi connectivity index (χ1) is 7.16. The highest BCUT2D eigenvalue weighted by Gasteiger charge is 2.08. The molecule has 5 heteroatoms. The Morgan fingerprint density at radius 1 is 1.47 bits per heavy atom. The van der Waals surface area contributed by atoms with Crippen molar-refractivity contribution in [3.63, 3.8) is 0 Å². The van der Waals surface area contributed by atoms with E-state index in [0.29, 0.717) is 10.7 Å². The molecule has 15 heavy (non-hydrogen) atoms. The highest BCUT2D eigenvalue weighted by molar-refractivity contribution is 6.30. The molecule has 0 bridgehead atoms. The van der Waals surface area contributed by atoms with Crippen LogP contribution in [0.3, 0.4) is 0 Å². The van der Waals surface area contributed by atoms with Crippen LogP contribution < -0.4 is 0 Å². The number of aromatic nitrogens is 2. The third-order valence-corrected chi connectivity index (χ3v) is 2.15. The van der Waals surface area contributed by atoms with E-state index in [4.69, 9.17) is 16.7 Å². The fraction of sp³-hybridized carbons (Fsp3) is 0. The number of carboxylic acid groups (broad SMARTS) is 1. The van der Waals surface area contributed by atoms with Crippen molar-refractivity contribution in [2.45, 2.75) is 0 Å². The molecule has 1 aromatic heterocycles. The van der Waals surface area contributed by atoms with E-state index in [1.165, 1.54) is 6.20 Å². The van der Waals surface area contributed by atoms with Crippen LogP contribution in [-0.2, 0) is 0 Å². The molecule has 0 aliphatic heterocycles. The normalized spacial score (nSPS) is 10.2. The highest BCUT2D eigenvalue weighted by Crippen LogP contribution is 2.20. The molecule has 0 spiro atoms. The number of aromatic carboxylic acids is 1. The van der Waals surface area contributed by atoms with Crippen molar-refractivity contribution in [2.24, 2.45) is 0 Å². The van der Waals surface area contributed by atoms with Gasteiger partial charge in [-0.1, -0.05) is 23.7 Å². The Morgan fingerprint density at radius 2 is 2.27 bits per heavy atom. The number of aromatic amines is 1. The number of nitrogens with zero attached hydrogens (tertiary/aromatic N) is 1. The average Bonchev–Trinajstić information content (AvgIpc) is 2.66. The number of carbonyl (C=O) groups is 1. The van der Waals surface area contributed by atoms with Gasteiger partial charge in [0, 0.05) is 10.6 Å². The summed E-state index contributed by atoms with van der Waals surface area (Å²) in [5.74, 6) is -1.16. The molecule has 0 saturated heterocycles. The van der Waals surface area contributed by atoms with Gasteiger partial charge in [-0.25, -0.2) is 9.78 Å². The van der Waals surface area contributed by atoms with Crippen LogP contribution in [0.4, 0.5) is 0 Å². The molecule has 1 aromatic carbocycles. The molecular weight excluding hydrogens is 216 g/mol. The smallest absolute Gasteiger partial charge is 0.371 e. The summed E-state index contributed by atoms with van der Waals surface area (Å²) >= 11 is 5.81. The lowest BCUT2D eigenvalue weighted by molar-refractivity contribution is 0.0685. The summed E-state index contributed by atoms with van der Waals surface area (Å²) in [5.41, 5.74) is 1.44. The molecule has 76 valence electrons. The predicted molar refractivity (Wildman–Crippen MR) is 56.0 cm³/mol.